The number of aliphatic hydroxyl groups excluding tert-OH is 1. The summed E-state index contributed by atoms with van der Waals surface area (Å²) < 4.78 is 45.2. The molecule has 22 nitrogen and oxygen atoms in total. The Bertz CT molecular complexity index is 3210. The molecule has 22 heteroatoms. The predicted molar refractivity (Wildman–Crippen MR) is 298 cm³/mol. The fourth-order valence-corrected chi connectivity index (χ4v) is 15.4. The van der Waals surface area contributed by atoms with Crippen LogP contribution in [0.4, 0.5) is 4.79 Å². The molecule has 3 N–H and O–H groups in total. The Kier molecular flexibility index (Phi) is 15.7. The standard InChI is InChI=1S/C64H73N3O19/c1-37(68)83-61-36-80-46(61)32-45-60(34-42(60)44(69)22-14-8-16-28-66-47(70)24-25-48(66)71)86-64(45)54(76)53(82-51(74)23-15-9-17-29-67-49(72)26-27-50(67)73)41-30-40(81-52(75)31-43(38-18-10-6-11-19-38)65-57(78)85-58(2,3)4)33-63(79)59(41,5)35-62(63,56(61)64)84-55(77)39-20-12-7-13-21-39/h6-7,10-13,18-21,24-27,30,40,42-43,45-46,49,53,56,72,79H,8-9,14-17,22-23,28-29,31-36H2,1-5H3,(H,65,78)/t40-,42?,43-,45-,46-,49?,53-,56+,59+,60-,61+,62-,63+,64-/m1/s1. The van der Waals surface area contributed by atoms with Crippen LogP contribution in [0.15, 0.2) is 96.6 Å². The maximum atomic E-state index is 16.8. The fourth-order valence-electron chi connectivity index (χ4n) is 15.4. The van der Waals surface area contributed by atoms with Crippen LogP contribution in [0.1, 0.15) is 140 Å². The van der Waals surface area contributed by atoms with Crippen molar-refractivity contribution in [2.45, 2.75) is 182 Å². The molecule has 458 valence electrons. The van der Waals surface area contributed by atoms with Gasteiger partial charge in [0, 0.05) is 81.2 Å². The number of hydrogen-bond acceptors (Lipinski definition) is 19. The van der Waals surface area contributed by atoms with Gasteiger partial charge >= 0.3 is 30.0 Å². The first kappa shape index (κ1) is 60.3. The summed E-state index contributed by atoms with van der Waals surface area (Å²) in [5, 5.41) is 27.3. The van der Waals surface area contributed by atoms with Crippen molar-refractivity contribution in [2.24, 2.45) is 23.2 Å². The topological polar surface area (TPSA) is 294 Å². The number of rotatable bonds is 22. The highest BCUT2D eigenvalue weighted by Crippen LogP contribution is 2.81. The van der Waals surface area contributed by atoms with Crippen LogP contribution in [0.2, 0.25) is 0 Å². The van der Waals surface area contributed by atoms with Gasteiger partial charge in [-0.3, -0.25) is 43.3 Å². The quantitative estimate of drug-likeness (QED) is 0.0442. The number of benzene rings is 2. The molecule has 2 saturated heterocycles. The van der Waals surface area contributed by atoms with Crippen molar-refractivity contribution in [1.82, 2.24) is 15.1 Å². The Morgan fingerprint density at radius 3 is 2.12 bits per heavy atom. The summed E-state index contributed by atoms with van der Waals surface area (Å²) in [5.41, 5.74) is -11.9. The van der Waals surface area contributed by atoms with Crippen LogP contribution in [-0.2, 0) is 71.5 Å². The number of unbranched alkanes of at least 4 members (excludes halogenated alkanes) is 4. The Hall–Kier alpha value is -7.40. The summed E-state index contributed by atoms with van der Waals surface area (Å²) in [5.74, 6) is -8.89. The lowest BCUT2D eigenvalue weighted by atomic mass is 9.32. The Balaban J connectivity index is 0.968. The molecule has 12 rings (SSSR count). The molecule has 2 spiro atoms. The number of carbonyl (C=O) groups excluding carboxylic acids is 10. The zero-order valence-corrected chi connectivity index (χ0v) is 48.8. The van der Waals surface area contributed by atoms with Crippen molar-refractivity contribution in [3.8, 4) is 0 Å². The molecule has 2 aromatic rings. The van der Waals surface area contributed by atoms with Gasteiger partial charge in [0.1, 0.15) is 41.0 Å². The second-order valence-electron chi connectivity index (χ2n) is 25.6. The minimum Gasteiger partial charge on any atom is -0.458 e. The molecule has 4 amide bonds. The van der Waals surface area contributed by atoms with Crippen LogP contribution in [0, 0.1) is 23.2 Å². The molecule has 14 atom stereocenters. The first-order valence-corrected chi connectivity index (χ1v) is 29.8. The fraction of sp³-hybridized carbons (Fsp3) is 0.562. The number of amides is 4. The minimum absolute atomic E-state index is 0.00671. The highest BCUT2D eigenvalue weighted by Gasteiger charge is 2.96. The number of Topliss-reactive ketones (excluding diaryl/α,β-unsaturated/α-hetero) is 2. The van der Waals surface area contributed by atoms with E-state index in [1.165, 1.54) is 54.3 Å². The smallest absolute Gasteiger partial charge is 0.408 e. The number of nitrogens with zero attached hydrogens (tertiary/aromatic N) is 2. The zero-order valence-electron chi connectivity index (χ0n) is 48.8. The van der Waals surface area contributed by atoms with E-state index >= 15 is 4.79 Å². The molecular weight excluding hydrogens is 1110 g/mol. The lowest BCUT2D eigenvalue weighted by Gasteiger charge is -2.80. The number of aliphatic hydroxyl groups is 2. The van der Waals surface area contributed by atoms with E-state index < -0.39 is 148 Å². The van der Waals surface area contributed by atoms with Gasteiger partial charge in [-0.2, -0.15) is 0 Å². The zero-order chi connectivity index (χ0) is 61.4. The number of esters is 4. The second-order valence-corrected chi connectivity index (χ2v) is 25.6. The number of imide groups is 1. The number of carbonyl (C=O) groups is 10. The maximum absolute atomic E-state index is 16.8. The molecule has 4 bridgehead atoms. The number of hydrogen-bond donors (Lipinski definition) is 3. The van der Waals surface area contributed by atoms with Crippen LogP contribution in [0.5, 0.6) is 0 Å². The average molecular weight is 1190 g/mol. The van der Waals surface area contributed by atoms with Gasteiger partial charge in [-0.15, -0.1) is 0 Å². The molecule has 4 aliphatic heterocycles. The summed E-state index contributed by atoms with van der Waals surface area (Å²) in [7, 11) is 0. The molecule has 6 aliphatic carbocycles. The second kappa shape index (κ2) is 22.4. The van der Waals surface area contributed by atoms with E-state index in [0.29, 0.717) is 37.7 Å². The van der Waals surface area contributed by atoms with Gasteiger partial charge < -0.3 is 53.6 Å². The number of alkyl carbamates (subject to hydrolysis) is 1. The third-order valence-electron chi connectivity index (χ3n) is 19.2. The maximum Gasteiger partial charge on any atom is 0.408 e. The van der Waals surface area contributed by atoms with Crippen molar-refractivity contribution < 1.29 is 91.3 Å². The van der Waals surface area contributed by atoms with Crippen LogP contribution >= 0.6 is 0 Å². The van der Waals surface area contributed by atoms with Gasteiger partial charge in [0.25, 0.3) is 11.8 Å². The molecule has 0 radical (unpaired) electrons. The predicted octanol–water partition coefficient (Wildman–Crippen LogP) is 5.31. The largest absolute Gasteiger partial charge is 0.458 e. The molecular formula is C64H73N3O19. The Morgan fingerprint density at radius 2 is 1.48 bits per heavy atom. The van der Waals surface area contributed by atoms with E-state index in [2.05, 4.69) is 5.32 Å². The summed E-state index contributed by atoms with van der Waals surface area (Å²) in [6, 6.07) is 15.6. The third-order valence-corrected chi connectivity index (χ3v) is 19.2. The van der Waals surface area contributed by atoms with Crippen molar-refractivity contribution in [3.05, 3.63) is 108 Å². The van der Waals surface area contributed by atoms with E-state index in [-0.39, 0.29) is 81.0 Å². The number of ether oxygens (including phenoxy) is 7. The first-order chi connectivity index (χ1) is 40.8. The SMILES string of the molecule is CC(=O)O[C@@]12CO[C@@H]1C[C@H]1[C@@]3(O[C@@]14CC4C(=O)CCCCCN1C(=O)C=CC1=O)C(=O)[C@H](OC(=O)CCCCCN1C(=O)C=CC1O)C1=C[C@@H](OC(=O)C[C@@H](NC(=O)OC(C)(C)C)c4ccccc4)C[C@]4(O)[C@@]1(C)C[C@@]4(OC(=O)c1ccccc1)[C@H]23. The Morgan fingerprint density at radius 1 is 0.802 bits per heavy atom. The van der Waals surface area contributed by atoms with E-state index in [4.69, 9.17) is 33.2 Å². The van der Waals surface area contributed by atoms with Gasteiger partial charge in [-0.1, -0.05) is 68.3 Å². The van der Waals surface area contributed by atoms with Crippen molar-refractivity contribution in [2.75, 3.05) is 19.7 Å². The molecule has 2 aromatic carbocycles. The van der Waals surface area contributed by atoms with Crippen LogP contribution < -0.4 is 5.32 Å². The van der Waals surface area contributed by atoms with E-state index in [1.807, 2.05) is 0 Å². The molecule has 5 saturated carbocycles. The number of ketones is 2. The van der Waals surface area contributed by atoms with Gasteiger partial charge in [-0.25, -0.2) is 9.59 Å². The summed E-state index contributed by atoms with van der Waals surface area (Å²) in [4.78, 5) is 141. The molecule has 7 fully saturated rings. The monoisotopic (exact) mass is 1190 g/mol. The lowest BCUT2D eigenvalue weighted by molar-refractivity contribution is -0.448. The normalized spacial score (nSPS) is 34.4. The van der Waals surface area contributed by atoms with E-state index in [1.54, 1.807) is 76.2 Å². The average Bonchev–Trinajstić information content (AvgIpc) is 1.03. The summed E-state index contributed by atoms with van der Waals surface area (Å²) >= 11 is 0. The Labute approximate surface area is 496 Å². The molecule has 4 heterocycles. The van der Waals surface area contributed by atoms with Gasteiger partial charge in [0.15, 0.2) is 17.3 Å². The van der Waals surface area contributed by atoms with Crippen molar-refractivity contribution in [1.29, 1.82) is 0 Å². The first-order valence-electron chi connectivity index (χ1n) is 29.8. The van der Waals surface area contributed by atoms with Gasteiger partial charge in [0.05, 0.1) is 36.2 Å². The molecule has 2 unspecified atom stereocenters. The number of fused-ring (bicyclic) bond motifs is 3. The third kappa shape index (κ3) is 10.2. The minimum atomic E-state index is -2.37. The van der Waals surface area contributed by atoms with Crippen LogP contribution in [-0.4, -0.2) is 157 Å². The van der Waals surface area contributed by atoms with E-state index in [0.717, 1.165) is 4.90 Å². The van der Waals surface area contributed by atoms with Gasteiger partial charge in [-0.05, 0) is 94.7 Å². The van der Waals surface area contributed by atoms with E-state index in [9.17, 15) is 53.4 Å². The molecule has 10 aliphatic rings. The summed E-state index contributed by atoms with van der Waals surface area (Å²) in [6.45, 7) is 7.93. The highest BCUT2D eigenvalue weighted by molar-refractivity contribution is 6.12. The van der Waals surface area contributed by atoms with Crippen molar-refractivity contribution in [3.63, 3.8) is 0 Å². The van der Waals surface area contributed by atoms with Gasteiger partial charge in [0.2, 0.25) is 11.7 Å². The van der Waals surface area contributed by atoms with Crippen LogP contribution in [0.25, 0.3) is 0 Å². The highest BCUT2D eigenvalue weighted by atomic mass is 16.6. The summed E-state index contributed by atoms with van der Waals surface area (Å²) in [6.07, 6.45) is 1.59. The van der Waals surface area contributed by atoms with Crippen molar-refractivity contribution >= 4 is 59.3 Å². The number of nitrogens with one attached hydrogen (secondary N) is 1. The van der Waals surface area contributed by atoms with Crippen LogP contribution in [0.3, 0.4) is 0 Å². The molecule has 0 aromatic heterocycles. The lowest BCUT2D eigenvalue weighted by Crippen LogP contribution is -2.95. The molecule has 86 heavy (non-hydrogen) atoms.